The smallest absolute Gasteiger partial charge is 0.129 e. The van der Waals surface area contributed by atoms with Crippen LogP contribution in [0.2, 0.25) is 5.02 Å². The second-order valence-corrected chi connectivity index (χ2v) is 4.59. The van der Waals surface area contributed by atoms with E-state index in [2.05, 4.69) is 13.8 Å². The van der Waals surface area contributed by atoms with Crippen LogP contribution in [0.15, 0.2) is 18.2 Å². The molecule has 1 N–H and O–H groups in total. The van der Waals surface area contributed by atoms with E-state index in [0.717, 1.165) is 6.42 Å². The van der Waals surface area contributed by atoms with Gasteiger partial charge in [-0.05, 0) is 37.0 Å². The minimum absolute atomic E-state index is 0.295. The van der Waals surface area contributed by atoms with Gasteiger partial charge < -0.3 is 5.11 Å². The Morgan fingerprint density at radius 1 is 1.33 bits per heavy atom. The Bertz CT molecular complexity index is 325. The zero-order valence-corrected chi connectivity index (χ0v) is 9.76. The monoisotopic (exact) mass is 230 g/mol. The molecule has 0 heterocycles. The molecule has 0 radical (unpaired) electrons. The first-order valence-electron chi connectivity index (χ1n) is 5.13. The molecule has 0 bridgehead atoms. The van der Waals surface area contributed by atoms with E-state index < -0.39 is 11.9 Å². The molecule has 1 nitrogen and oxygen atoms in total. The molecule has 1 unspecified atom stereocenters. The van der Waals surface area contributed by atoms with Crippen LogP contribution < -0.4 is 0 Å². The Hall–Kier alpha value is -0.600. The molecule has 15 heavy (non-hydrogen) atoms. The number of halogens is 2. The summed E-state index contributed by atoms with van der Waals surface area (Å²) in [6.45, 7) is 4.14. The van der Waals surface area contributed by atoms with Gasteiger partial charge in [0.2, 0.25) is 0 Å². The van der Waals surface area contributed by atoms with Gasteiger partial charge in [-0.2, -0.15) is 0 Å². The Balaban J connectivity index is 2.72. The van der Waals surface area contributed by atoms with Crippen molar-refractivity contribution >= 4 is 11.6 Å². The molecule has 0 spiro atoms. The first kappa shape index (κ1) is 12.5. The lowest BCUT2D eigenvalue weighted by molar-refractivity contribution is 0.155. The highest BCUT2D eigenvalue weighted by atomic mass is 35.5. The summed E-state index contributed by atoms with van der Waals surface area (Å²) < 4.78 is 13.3. The van der Waals surface area contributed by atoms with Crippen LogP contribution in [0.1, 0.15) is 38.4 Å². The Kier molecular flexibility index (Phi) is 4.55. The lowest BCUT2D eigenvalue weighted by Gasteiger charge is -2.13. The van der Waals surface area contributed by atoms with Crippen molar-refractivity contribution in [3.05, 3.63) is 34.6 Å². The molecule has 0 aliphatic rings. The standard InChI is InChI=1S/C12H16ClFO/c1-8(2)3-6-12(15)10-7-9(13)4-5-11(10)14/h4-5,7-8,12,15H,3,6H2,1-2H3. The second-order valence-electron chi connectivity index (χ2n) is 4.15. The summed E-state index contributed by atoms with van der Waals surface area (Å²) in [5.41, 5.74) is 0.295. The topological polar surface area (TPSA) is 20.2 Å². The number of rotatable bonds is 4. The molecule has 84 valence electrons. The van der Waals surface area contributed by atoms with Crippen molar-refractivity contribution in [2.75, 3.05) is 0 Å². The van der Waals surface area contributed by atoms with E-state index in [4.69, 9.17) is 11.6 Å². The van der Waals surface area contributed by atoms with Crippen molar-refractivity contribution in [3.8, 4) is 0 Å². The zero-order valence-electron chi connectivity index (χ0n) is 9.00. The van der Waals surface area contributed by atoms with Crippen LogP contribution >= 0.6 is 11.6 Å². The van der Waals surface area contributed by atoms with E-state index in [9.17, 15) is 9.50 Å². The lowest BCUT2D eigenvalue weighted by Crippen LogP contribution is -2.02. The second kappa shape index (κ2) is 5.47. The van der Waals surface area contributed by atoms with Crippen LogP contribution in [-0.4, -0.2) is 5.11 Å². The lowest BCUT2D eigenvalue weighted by atomic mass is 9.99. The van der Waals surface area contributed by atoms with Crippen molar-refractivity contribution in [1.82, 2.24) is 0 Å². The van der Waals surface area contributed by atoms with Crippen LogP contribution in [-0.2, 0) is 0 Å². The van der Waals surface area contributed by atoms with Gasteiger partial charge >= 0.3 is 0 Å². The minimum atomic E-state index is -0.758. The van der Waals surface area contributed by atoms with Crippen molar-refractivity contribution in [3.63, 3.8) is 0 Å². The number of aliphatic hydroxyl groups excluding tert-OH is 1. The molecular weight excluding hydrogens is 215 g/mol. The average molecular weight is 231 g/mol. The third-order valence-electron chi connectivity index (χ3n) is 2.33. The van der Waals surface area contributed by atoms with Gasteiger partial charge in [0.25, 0.3) is 0 Å². The van der Waals surface area contributed by atoms with Crippen LogP contribution in [0.5, 0.6) is 0 Å². The summed E-state index contributed by atoms with van der Waals surface area (Å²) in [5.74, 6) is 0.109. The highest BCUT2D eigenvalue weighted by molar-refractivity contribution is 6.30. The molecule has 0 aliphatic heterocycles. The van der Waals surface area contributed by atoms with E-state index in [1.807, 2.05) is 0 Å². The molecule has 1 aromatic rings. The zero-order chi connectivity index (χ0) is 11.4. The van der Waals surface area contributed by atoms with Crippen molar-refractivity contribution in [1.29, 1.82) is 0 Å². The van der Waals surface area contributed by atoms with Gasteiger partial charge in [-0.1, -0.05) is 25.4 Å². The molecule has 0 aliphatic carbocycles. The number of benzene rings is 1. The molecule has 0 saturated heterocycles. The maximum Gasteiger partial charge on any atom is 0.129 e. The van der Waals surface area contributed by atoms with E-state index in [0.29, 0.717) is 22.9 Å². The van der Waals surface area contributed by atoms with Gasteiger partial charge in [-0.15, -0.1) is 0 Å². The summed E-state index contributed by atoms with van der Waals surface area (Å²) in [4.78, 5) is 0. The fourth-order valence-corrected chi connectivity index (χ4v) is 1.60. The van der Waals surface area contributed by atoms with E-state index in [-0.39, 0.29) is 0 Å². The summed E-state index contributed by atoms with van der Waals surface area (Å²) in [6.07, 6.45) is 0.674. The first-order valence-corrected chi connectivity index (χ1v) is 5.51. The van der Waals surface area contributed by atoms with Crippen LogP contribution in [0.3, 0.4) is 0 Å². The SMILES string of the molecule is CC(C)CCC(O)c1cc(Cl)ccc1F. The molecule has 1 rings (SSSR count). The van der Waals surface area contributed by atoms with Crippen molar-refractivity contribution in [2.24, 2.45) is 5.92 Å². The van der Waals surface area contributed by atoms with E-state index in [1.54, 1.807) is 0 Å². The van der Waals surface area contributed by atoms with E-state index in [1.165, 1.54) is 18.2 Å². The summed E-state index contributed by atoms with van der Waals surface area (Å²) in [6, 6.07) is 4.26. The Labute approximate surface area is 94.9 Å². The first-order chi connectivity index (χ1) is 7.00. The maximum atomic E-state index is 13.3. The third kappa shape index (κ3) is 3.80. The Morgan fingerprint density at radius 3 is 2.60 bits per heavy atom. The number of hydrogen-bond acceptors (Lipinski definition) is 1. The van der Waals surface area contributed by atoms with Gasteiger partial charge in [-0.25, -0.2) is 4.39 Å². The molecule has 0 amide bonds. The predicted octanol–water partition coefficient (Wildman–Crippen LogP) is 3.95. The average Bonchev–Trinajstić information content (AvgIpc) is 2.18. The third-order valence-corrected chi connectivity index (χ3v) is 2.57. The van der Waals surface area contributed by atoms with Gasteiger partial charge in [-0.3, -0.25) is 0 Å². The Morgan fingerprint density at radius 2 is 2.00 bits per heavy atom. The molecular formula is C12H16ClFO. The van der Waals surface area contributed by atoms with Gasteiger partial charge in [0, 0.05) is 10.6 Å². The fraction of sp³-hybridized carbons (Fsp3) is 0.500. The number of aliphatic hydroxyl groups is 1. The van der Waals surface area contributed by atoms with Crippen molar-refractivity contribution in [2.45, 2.75) is 32.8 Å². The predicted molar refractivity (Wildman–Crippen MR) is 60.4 cm³/mol. The van der Waals surface area contributed by atoms with Crippen molar-refractivity contribution < 1.29 is 9.50 Å². The van der Waals surface area contributed by atoms with Crippen LogP contribution in [0.4, 0.5) is 4.39 Å². The highest BCUT2D eigenvalue weighted by Crippen LogP contribution is 2.25. The number of hydrogen-bond donors (Lipinski definition) is 1. The molecule has 1 atom stereocenters. The van der Waals surface area contributed by atoms with Gasteiger partial charge in [0.15, 0.2) is 0 Å². The van der Waals surface area contributed by atoms with Gasteiger partial charge in [0.1, 0.15) is 5.82 Å². The summed E-state index contributed by atoms with van der Waals surface area (Å²) in [5, 5.41) is 10.2. The van der Waals surface area contributed by atoms with Crippen LogP contribution in [0.25, 0.3) is 0 Å². The van der Waals surface area contributed by atoms with E-state index >= 15 is 0 Å². The van der Waals surface area contributed by atoms with Crippen LogP contribution in [0, 0.1) is 11.7 Å². The normalized spacial score (nSPS) is 13.2. The summed E-state index contributed by atoms with van der Waals surface area (Å²) in [7, 11) is 0. The molecule has 0 aromatic heterocycles. The maximum absolute atomic E-state index is 13.3. The van der Waals surface area contributed by atoms with Gasteiger partial charge in [0.05, 0.1) is 6.10 Å². The molecule has 0 saturated carbocycles. The largest absolute Gasteiger partial charge is 0.388 e. The minimum Gasteiger partial charge on any atom is -0.388 e. The molecule has 0 fully saturated rings. The summed E-state index contributed by atoms with van der Waals surface area (Å²) >= 11 is 5.75. The molecule has 3 heteroatoms. The highest BCUT2D eigenvalue weighted by Gasteiger charge is 2.13. The quantitative estimate of drug-likeness (QED) is 0.831. The molecule has 1 aromatic carbocycles. The fourth-order valence-electron chi connectivity index (χ4n) is 1.42.